The van der Waals surface area contributed by atoms with E-state index in [1.54, 1.807) is 19.1 Å². The minimum Gasteiger partial charge on any atom is -0.361 e. The molecule has 0 saturated heterocycles. The number of nitrogens with one attached hydrogen (secondary N) is 1. The van der Waals surface area contributed by atoms with Gasteiger partial charge in [0, 0.05) is 11.8 Å². The molecule has 2 aromatic rings. The molecule has 0 aliphatic rings. The van der Waals surface area contributed by atoms with Crippen molar-refractivity contribution in [3.05, 3.63) is 41.4 Å². The first-order valence-corrected chi connectivity index (χ1v) is 5.78. The molecule has 0 unspecified atom stereocenters. The number of aryl methyl sites for hydroxylation is 1. The van der Waals surface area contributed by atoms with Crippen LogP contribution >= 0.6 is 0 Å². The Morgan fingerprint density at radius 1 is 1.39 bits per heavy atom. The van der Waals surface area contributed by atoms with Crippen LogP contribution in [0, 0.1) is 6.92 Å². The first-order valence-electron chi connectivity index (χ1n) is 5.78. The highest BCUT2D eigenvalue weighted by Crippen LogP contribution is 2.14. The third kappa shape index (κ3) is 2.74. The summed E-state index contributed by atoms with van der Waals surface area (Å²) in [6, 6.07) is 7.13. The van der Waals surface area contributed by atoms with E-state index in [-0.39, 0.29) is 11.6 Å². The van der Waals surface area contributed by atoms with E-state index in [1.165, 1.54) is 0 Å². The van der Waals surface area contributed by atoms with Crippen molar-refractivity contribution in [3.63, 3.8) is 0 Å². The molecule has 0 atom stereocenters. The van der Waals surface area contributed by atoms with E-state index in [4.69, 9.17) is 4.52 Å². The van der Waals surface area contributed by atoms with Gasteiger partial charge >= 0.3 is 0 Å². The normalized spacial score (nSPS) is 10.7. The van der Waals surface area contributed by atoms with Gasteiger partial charge in [-0.3, -0.25) is 4.79 Å². The highest BCUT2D eigenvalue weighted by atomic mass is 16.5. The Labute approximate surface area is 105 Å². The highest BCUT2D eigenvalue weighted by molar-refractivity contribution is 6.02. The Bertz CT molecular complexity index is 561. The van der Waals surface area contributed by atoms with Gasteiger partial charge in [0.1, 0.15) is 11.6 Å². The van der Waals surface area contributed by atoms with Gasteiger partial charge in [0.25, 0.3) is 5.91 Å². The summed E-state index contributed by atoms with van der Waals surface area (Å²) in [6.07, 6.45) is 0. The fourth-order valence-electron chi connectivity index (χ4n) is 1.50. The summed E-state index contributed by atoms with van der Waals surface area (Å²) in [5.74, 6) is 1.12. The molecule has 94 valence electrons. The quantitative estimate of drug-likeness (QED) is 0.902. The number of carbonyl (C=O) groups excluding carboxylic acids is 1. The Morgan fingerprint density at radius 3 is 2.78 bits per heavy atom. The van der Waals surface area contributed by atoms with E-state index < -0.39 is 0 Å². The molecular formula is C13H15N3O2. The lowest BCUT2D eigenvalue weighted by Gasteiger charge is -2.07. The zero-order valence-corrected chi connectivity index (χ0v) is 10.6. The summed E-state index contributed by atoms with van der Waals surface area (Å²) in [7, 11) is 0. The van der Waals surface area contributed by atoms with Gasteiger partial charge in [-0.05, 0) is 25.0 Å². The first kappa shape index (κ1) is 12.3. The monoisotopic (exact) mass is 245 g/mol. The topological polar surface area (TPSA) is 68.0 Å². The van der Waals surface area contributed by atoms with Crippen molar-refractivity contribution in [3.8, 4) is 0 Å². The predicted octanol–water partition coefficient (Wildman–Crippen LogP) is 2.75. The Morgan fingerprint density at radius 2 is 2.17 bits per heavy atom. The van der Waals surface area contributed by atoms with Crippen LogP contribution in [0.15, 0.2) is 28.8 Å². The van der Waals surface area contributed by atoms with Crippen molar-refractivity contribution in [2.45, 2.75) is 26.7 Å². The molecule has 0 fully saturated rings. The van der Waals surface area contributed by atoms with Crippen molar-refractivity contribution < 1.29 is 9.32 Å². The van der Waals surface area contributed by atoms with E-state index in [0.29, 0.717) is 17.5 Å². The molecule has 0 bridgehead atoms. The maximum absolute atomic E-state index is 11.8. The van der Waals surface area contributed by atoms with Crippen molar-refractivity contribution in [1.29, 1.82) is 0 Å². The van der Waals surface area contributed by atoms with Crippen LogP contribution in [0.25, 0.3) is 0 Å². The molecule has 0 spiro atoms. The number of pyridine rings is 1. The molecule has 0 aliphatic heterocycles. The predicted molar refractivity (Wildman–Crippen MR) is 67.5 cm³/mol. The molecule has 0 aliphatic carbocycles. The summed E-state index contributed by atoms with van der Waals surface area (Å²) in [4.78, 5) is 16.2. The first-order chi connectivity index (χ1) is 8.56. The maximum Gasteiger partial charge on any atom is 0.279 e. The highest BCUT2D eigenvalue weighted by Gasteiger charge is 2.12. The number of carbonyl (C=O) groups is 1. The lowest BCUT2D eigenvalue weighted by molar-refractivity contribution is 0.101. The molecule has 5 nitrogen and oxygen atoms in total. The Balaban J connectivity index is 2.14. The Kier molecular flexibility index (Phi) is 3.41. The summed E-state index contributed by atoms with van der Waals surface area (Å²) in [6.45, 7) is 5.84. The number of hydrogen-bond acceptors (Lipinski definition) is 4. The fourth-order valence-corrected chi connectivity index (χ4v) is 1.50. The van der Waals surface area contributed by atoms with Crippen molar-refractivity contribution in [2.75, 3.05) is 5.32 Å². The standard InChI is InChI=1S/C13H15N3O2/c1-8(2)10-5-4-6-12(14-10)15-13(17)11-7-9(3)18-16-11/h4-8H,1-3H3,(H,14,15,17). The molecule has 2 aromatic heterocycles. The average Bonchev–Trinajstić information content (AvgIpc) is 2.76. The van der Waals surface area contributed by atoms with E-state index in [9.17, 15) is 4.79 Å². The fraction of sp³-hybridized carbons (Fsp3) is 0.308. The van der Waals surface area contributed by atoms with Crippen LogP contribution in [0.5, 0.6) is 0 Å². The van der Waals surface area contributed by atoms with Crippen LogP contribution in [0.4, 0.5) is 5.82 Å². The molecule has 0 radical (unpaired) electrons. The zero-order chi connectivity index (χ0) is 13.1. The second-order valence-corrected chi connectivity index (χ2v) is 4.38. The lowest BCUT2D eigenvalue weighted by Crippen LogP contribution is -2.13. The zero-order valence-electron chi connectivity index (χ0n) is 10.6. The third-order valence-corrected chi connectivity index (χ3v) is 2.46. The van der Waals surface area contributed by atoms with Gasteiger partial charge in [0.05, 0.1) is 0 Å². The number of nitrogens with zero attached hydrogens (tertiary/aromatic N) is 2. The maximum atomic E-state index is 11.8. The number of hydrogen-bond donors (Lipinski definition) is 1. The molecule has 5 heteroatoms. The molecule has 2 rings (SSSR count). The van der Waals surface area contributed by atoms with E-state index in [2.05, 4.69) is 29.3 Å². The SMILES string of the molecule is Cc1cc(C(=O)Nc2cccc(C(C)C)n2)no1. The number of anilines is 1. The largest absolute Gasteiger partial charge is 0.361 e. The molecule has 0 saturated carbocycles. The van der Waals surface area contributed by atoms with E-state index in [0.717, 1.165) is 5.69 Å². The average molecular weight is 245 g/mol. The lowest BCUT2D eigenvalue weighted by atomic mass is 10.1. The minimum absolute atomic E-state index is 0.254. The van der Waals surface area contributed by atoms with Crippen LogP contribution in [-0.4, -0.2) is 16.0 Å². The van der Waals surface area contributed by atoms with Crippen molar-refractivity contribution >= 4 is 11.7 Å². The minimum atomic E-state index is -0.319. The van der Waals surface area contributed by atoms with Crippen LogP contribution in [0.1, 0.15) is 41.7 Å². The molecule has 18 heavy (non-hydrogen) atoms. The van der Waals surface area contributed by atoms with Crippen LogP contribution in [0.2, 0.25) is 0 Å². The van der Waals surface area contributed by atoms with E-state index in [1.807, 2.05) is 12.1 Å². The summed E-state index contributed by atoms with van der Waals surface area (Å²) < 4.78 is 4.85. The number of amides is 1. The van der Waals surface area contributed by atoms with Crippen LogP contribution in [-0.2, 0) is 0 Å². The molecule has 0 aromatic carbocycles. The van der Waals surface area contributed by atoms with Gasteiger partial charge in [-0.1, -0.05) is 25.1 Å². The van der Waals surface area contributed by atoms with E-state index >= 15 is 0 Å². The Hall–Kier alpha value is -2.17. The second kappa shape index (κ2) is 5.00. The van der Waals surface area contributed by atoms with Crippen LogP contribution < -0.4 is 5.32 Å². The van der Waals surface area contributed by atoms with Gasteiger partial charge in [-0.25, -0.2) is 4.98 Å². The molecular weight excluding hydrogens is 230 g/mol. The molecule has 1 N–H and O–H groups in total. The molecule has 2 heterocycles. The van der Waals surface area contributed by atoms with Crippen LogP contribution in [0.3, 0.4) is 0 Å². The van der Waals surface area contributed by atoms with Crippen molar-refractivity contribution in [1.82, 2.24) is 10.1 Å². The number of rotatable bonds is 3. The van der Waals surface area contributed by atoms with Gasteiger partial charge in [0.2, 0.25) is 0 Å². The van der Waals surface area contributed by atoms with Crippen molar-refractivity contribution in [2.24, 2.45) is 0 Å². The van der Waals surface area contributed by atoms with Gasteiger partial charge in [-0.15, -0.1) is 0 Å². The number of aromatic nitrogens is 2. The summed E-state index contributed by atoms with van der Waals surface area (Å²) >= 11 is 0. The summed E-state index contributed by atoms with van der Waals surface area (Å²) in [5, 5.41) is 6.35. The summed E-state index contributed by atoms with van der Waals surface area (Å²) in [5.41, 5.74) is 1.19. The smallest absolute Gasteiger partial charge is 0.279 e. The van der Waals surface area contributed by atoms with Gasteiger partial charge in [0.15, 0.2) is 5.69 Å². The third-order valence-electron chi connectivity index (χ3n) is 2.46. The van der Waals surface area contributed by atoms with Gasteiger partial charge in [-0.2, -0.15) is 0 Å². The second-order valence-electron chi connectivity index (χ2n) is 4.38. The molecule has 1 amide bonds. The van der Waals surface area contributed by atoms with Gasteiger partial charge < -0.3 is 9.84 Å².